The summed E-state index contributed by atoms with van der Waals surface area (Å²) in [6.07, 6.45) is 10.3. The van der Waals surface area contributed by atoms with E-state index in [0.29, 0.717) is 0 Å². The van der Waals surface area contributed by atoms with Gasteiger partial charge in [-0.1, -0.05) is 0 Å². The van der Waals surface area contributed by atoms with Gasteiger partial charge in [-0.15, -0.1) is 0 Å². The molecular formula is C19H21N2+. The van der Waals surface area contributed by atoms with E-state index >= 15 is 0 Å². The van der Waals surface area contributed by atoms with Crippen molar-refractivity contribution >= 4 is 17.8 Å². The smallest absolute Gasteiger partial charge is 0.204 e. The Morgan fingerprint density at radius 1 is 1.05 bits per heavy atom. The Hall–Kier alpha value is -2.09. The summed E-state index contributed by atoms with van der Waals surface area (Å²) in [4.78, 5) is 2.57. The lowest BCUT2D eigenvalue weighted by atomic mass is 9.97. The molecular weight excluding hydrogens is 256 g/mol. The van der Waals surface area contributed by atoms with Gasteiger partial charge in [-0.05, 0) is 60.2 Å². The van der Waals surface area contributed by atoms with Crippen LogP contribution in [0.25, 0.3) is 12.2 Å². The number of aryl methyl sites for hydroxylation is 2. The van der Waals surface area contributed by atoms with Crippen LogP contribution in [-0.2, 0) is 19.9 Å². The summed E-state index contributed by atoms with van der Waals surface area (Å²) in [6, 6.07) is 11.1. The van der Waals surface area contributed by atoms with Crippen LogP contribution < -0.4 is 9.47 Å². The van der Waals surface area contributed by atoms with Gasteiger partial charge in [-0.2, -0.15) is 0 Å². The fourth-order valence-corrected chi connectivity index (χ4v) is 3.61. The highest BCUT2D eigenvalue weighted by Crippen LogP contribution is 2.37. The molecule has 0 N–H and O–H groups in total. The van der Waals surface area contributed by atoms with Crippen LogP contribution in [0.5, 0.6) is 0 Å². The van der Waals surface area contributed by atoms with Gasteiger partial charge in [0.2, 0.25) is 5.69 Å². The molecule has 0 fully saturated rings. The van der Waals surface area contributed by atoms with Gasteiger partial charge in [0, 0.05) is 37.0 Å². The summed E-state index contributed by atoms with van der Waals surface area (Å²) >= 11 is 0. The zero-order valence-electron chi connectivity index (χ0n) is 12.5. The molecule has 106 valence electrons. The number of pyridine rings is 1. The van der Waals surface area contributed by atoms with Crippen LogP contribution in [-0.4, -0.2) is 13.1 Å². The van der Waals surface area contributed by atoms with Crippen molar-refractivity contribution in [1.82, 2.24) is 0 Å². The second-order valence-electron chi connectivity index (χ2n) is 6.10. The molecule has 2 aliphatic rings. The van der Waals surface area contributed by atoms with Crippen LogP contribution in [0.4, 0.5) is 5.69 Å². The Labute approximate surface area is 126 Å². The van der Waals surface area contributed by atoms with Gasteiger partial charge < -0.3 is 4.90 Å². The Morgan fingerprint density at radius 3 is 2.76 bits per heavy atom. The molecule has 0 bridgehead atoms. The second kappa shape index (κ2) is 5.03. The quantitative estimate of drug-likeness (QED) is 0.766. The first-order valence-corrected chi connectivity index (χ1v) is 7.85. The van der Waals surface area contributed by atoms with Crippen molar-refractivity contribution in [2.24, 2.45) is 7.05 Å². The average Bonchev–Trinajstić information content (AvgIpc) is 2.92. The molecule has 21 heavy (non-hydrogen) atoms. The third kappa shape index (κ3) is 2.25. The van der Waals surface area contributed by atoms with E-state index in [1.807, 2.05) is 0 Å². The van der Waals surface area contributed by atoms with E-state index < -0.39 is 0 Å². The first kappa shape index (κ1) is 12.6. The number of nitrogens with zero attached hydrogens (tertiary/aromatic N) is 2. The lowest BCUT2D eigenvalue weighted by Crippen LogP contribution is -2.30. The number of hydrogen-bond acceptors (Lipinski definition) is 1. The zero-order chi connectivity index (χ0) is 14.2. The van der Waals surface area contributed by atoms with Gasteiger partial charge in [0.15, 0.2) is 6.20 Å². The third-order valence-corrected chi connectivity index (χ3v) is 4.67. The van der Waals surface area contributed by atoms with Crippen molar-refractivity contribution in [3.63, 3.8) is 0 Å². The largest absolute Gasteiger partial charge is 0.371 e. The Morgan fingerprint density at radius 2 is 1.90 bits per heavy atom. The van der Waals surface area contributed by atoms with E-state index in [9.17, 15) is 0 Å². The van der Waals surface area contributed by atoms with Crippen molar-refractivity contribution < 1.29 is 4.57 Å². The summed E-state index contributed by atoms with van der Waals surface area (Å²) in [7, 11) is 2.09. The van der Waals surface area contributed by atoms with E-state index in [1.165, 1.54) is 43.6 Å². The second-order valence-corrected chi connectivity index (χ2v) is 6.10. The minimum Gasteiger partial charge on any atom is -0.371 e. The Bertz CT molecular complexity index is 716. The van der Waals surface area contributed by atoms with Crippen molar-refractivity contribution in [3.8, 4) is 0 Å². The number of hydrogen-bond donors (Lipinski definition) is 0. The minimum absolute atomic E-state index is 1.21. The summed E-state index contributed by atoms with van der Waals surface area (Å²) in [5.74, 6) is 0. The van der Waals surface area contributed by atoms with E-state index in [4.69, 9.17) is 0 Å². The molecule has 0 atom stereocenters. The third-order valence-electron chi connectivity index (χ3n) is 4.67. The fraction of sp³-hybridized carbons (Fsp3) is 0.316. The molecule has 0 radical (unpaired) electrons. The molecule has 2 aromatic rings. The summed E-state index contributed by atoms with van der Waals surface area (Å²) in [5.41, 5.74) is 7.21. The first-order valence-electron chi connectivity index (χ1n) is 7.85. The molecule has 0 saturated heterocycles. The van der Waals surface area contributed by atoms with Crippen LogP contribution >= 0.6 is 0 Å². The summed E-state index contributed by atoms with van der Waals surface area (Å²) in [6.45, 7) is 2.46. The fourth-order valence-electron chi connectivity index (χ4n) is 3.61. The van der Waals surface area contributed by atoms with E-state index in [2.05, 4.69) is 65.2 Å². The van der Waals surface area contributed by atoms with Gasteiger partial charge in [-0.25, -0.2) is 4.57 Å². The van der Waals surface area contributed by atoms with E-state index in [-0.39, 0.29) is 0 Å². The van der Waals surface area contributed by atoms with Gasteiger partial charge in [0.1, 0.15) is 7.05 Å². The molecule has 3 heterocycles. The maximum Gasteiger partial charge on any atom is 0.204 e. The van der Waals surface area contributed by atoms with Gasteiger partial charge in [0.25, 0.3) is 0 Å². The molecule has 2 heteroatoms. The Balaban J connectivity index is 1.70. The highest BCUT2D eigenvalue weighted by atomic mass is 15.2. The highest BCUT2D eigenvalue weighted by molar-refractivity contribution is 5.73. The van der Waals surface area contributed by atoms with Crippen molar-refractivity contribution in [1.29, 1.82) is 0 Å². The summed E-state index contributed by atoms with van der Waals surface area (Å²) < 4.78 is 2.15. The van der Waals surface area contributed by atoms with Crippen molar-refractivity contribution in [3.05, 3.63) is 58.9 Å². The molecule has 0 saturated carbocycles. The van der Waals surface area contributed by atoms with Crippen LogP contribution in [0.1, 0.15) is 28.8 Å². The zero-order valence-corrected chi connectivity index (χ0v) is 12.5. The minimum atomic E-state index is 1.21. The number of rotatable bonds is 2. The molecule has 1 aromatic carbocycles. The molecule has 2 aliphatic heterocycles. The lowest BCUT2D eigenvalue weighted by Gasteiger charge is -2.27. The van der Waals surface area contributed by atoms with Gasteiger partial charge >= 0.3 is 0 Å². The predicted octanol–water partition coefficient (Wildman–Crippen LogP) is 2.99. The molecule has 4 rings (SSSR count). The molecule has 0 unspecified atom stereocenters. The van der Waals surface area contributed by atoms with Gasteiger partial charge in [0.05, 0.1) is 0 Å². The van der Waals surface area contributed by atoms with E-state index in [0.717, 1.165) is 0 Å². The SMILES string of the molecule is C[n+]1ccccc1/C=C/c1cc2c3c(c1)CCN3CCC2. The van der Waals surface area contributed by atoms with Crippen LogP contribution in [0.15, 0.2) is 36.5 Å². The predicted molar refractivity (Wildman–Crippen MR) is 87.2 cm³/mol. The summed E-state index contributed by atoms with van der Waals surface area (Å²) in [5, 5.41) is 0. The molecule has 1 aromatic heterocycles. The monoisotopic (exact) mass is 277 g/mol. The average molecular weight is 277 g/mol. The van der Waals surface area contributed by atoms with Gasteiger partial charge in [-0.3, -0.25) is 0 Å². The number of anilines is 1. The van der Waals surface area contributed by atoms with Crippen LogP contribution in [0.2, 0.25) is 0 Å². The molecule has 0 aliphatic carbocycles. The van der Waals surface area contributed by atoms with Crippen molar-refractivity contribution in [2.45, 2.75) is 19.3 Å². The lowest BCUT2D eigenvalue weighted by molar-refractivity contribution is -0.673. The number of aromatic nitrogens is 1. The normalized spacial score (nSPS) is 16.5. The standard InChI is InChI=1S/C19H21N2/c1-20-10-3-2-6-18(20)8-7-15-13-16-5-4-11-21-12-9-17(14-15)19(16)21/h2-3,6-8,10,13-14H,4-5,9,11-12H2,1H3/q+1. The van der Waals surface area contributed by atoms with E-state index in [1.54, 1.807) is 16.8 Å². The van der Waals surface area contributed by atoms with Crippen LogP contribution in [0, 0.1) is 0 Å². The maximum atomic E-state index is 2.57. The number of benzene rings is 1. The molecule has 0 spiro atoms. The topological polar surface area (TPSA) is 7.12 Å². The van der Waals surface area contributed by atoms with Crippen molar-refractivity contribution in [2.75, 3.05) is 18.0 Å². The Kier molecular flexibility index (Phi) is 3.03. The molecule has 0 amide bonds. The highest BCUT2D eigenvalue weighted by Gasteiger charge is 2.25. The molecule has 2 nitrogen and oxygen atoms in total. The van der Waals surface area contributed by atoms with Crippen LogP contribution in [0.3, 0.4) is 0 Å². The first-order chi connectivity index (χ1) is 10.3. The maximum absolute atomic E-state index is 2.57.